The van der Waals surface area contributed by atoms with Gasteiger partial charge in [0.05, 0.1) is 11.6 Å². The summed E-state index contributed by atoms with van der Waals surface area (Å²) in [5.41, 5.74) is -0.271. The molecule has 0 aromatic heterocycles. The van der Waals surface area contributed by atoms with Gasteiger partial charge in [0.1, 0.15) is 0 Å². The summed E-state index contributed by atoms with van der Waals surface area (Å²) >= 11 is 0. The van der Waals surface area contributed by atoms with E-state index >= 15 is 0 Å². The number of benzene rings is 1. The lowest BCUT2D eigenvalue weighted by Gasteiger charge is -2.41. The topological polar surface area (TPSA) is 60.8 Å². The van der Waals surface area contributed by atoms with Crippen molar-refractivity contribution in [2.24, 2.45) is 5.41 Å². The minimum absolute atomic E-state index is 0.307. The molecule has 1 aliphatic heterocycles. The SMILES string of the molecule is CC(C)(C)C1N(C(=O)O)CCC1(O)Cc1ccccc1. The Bertz CT molecular complexity index is 480. The Labute approximate surface area is 120 Å². The number of rotatable bonds is 2. The van der Waals surface area contributed by atoms with Gasteiger partial charge in [-0.2, -0.15) is 0 Å². The number of carboxylic acid groups (broad SMARTS) is 1. The van der Waals surface area contributed by atoms with E-state index in [-0.39, 0.29) is 5.41 Å². The molecule has 4 nitrogen and oxygen atoms in total. The molecule has 1 fully saturated rings. The first-order valence-electron chi connectivity index (χ1n) is 7.00. The molecule has 2 rings (SSSR count). The molecule has 2 unspecified atom stereocenters. The van der Waals surface area contributed by atoms with Crippen LogP contribution in [0.5, 0.6) is 0 Å². The van der Waals surface area contributed by atoms with Gasteiger partial charge < -0.3 is 15.1 Å². The van der Waals surface area contributed by atoms with Gasteiger partial charge in [-0.25, -0.2) is 4.79 Å². The quantitative estimate of drug-likeness (QED) is 0.874. The molecular weight excluding hydrogens is 254 g/mol. The van der Waals surface area contributed by atoms with Crippen LogP contribution in [0.4, 0.5) is 4.79 Å². The van der Waals surface area contributed by atoms with Gasteiger partial charge in [0.15, 0.2) is 0 Å². The zero-order valence-electron chi connectivity index (χ0n) is 12.3. The number of amides is 1. The first-order chi connectivity index (χ1) is 9.24. The van der Waals surface area contributed by atoms with Gasteiger partial charge in [0.2, 0.25) is 0 Å². The second-order valence-electron chi connectivity index (χ2n) is 6.76. The molecule has 2 atom stereocenters. The van der Waals surface area contributed by atoms with Crippen LogP contribution in [-0.4, -0.2) is 39.4 Å². The van der Waals surface area contributed by atoms with E-state index in [1.807, 2.05) is 51.1 Å². The number of aliphatic hydroxyl groups is 1. The average Bonchev–Trinajstić information content (AvgIpc) is 2.68. The summed E-state index contributed by atoms with van der Waals surface area (Å²) in [5.74, 6) is 0. The van der Waals surface area contributed by atoms with Gasteiger partial charge in [0.25, 0.3) is 0 Å². The predicted octanol–water partition coefficient (Wildman–Crippen LogP) is 2.76. The molecule has 1 amide bonds. The van der Waals surface area contributed by atoms with Crippen molar-refractivity contribution in [1.82, 2.24) is 4.90 Å². The molecule has 0 spiro atoms. The molecule has 0 radical (unpaired) electrons. The number of hydrogen-bond donors (Lipinski definition) is 2. The first-order valence-corrected chi connectivity index (χ1v) is 7.00. The van der Waals surface area contributed by atoms with Crippen LogP contribution < -0.4 is 0 Å². The number of hydrogen-bond acceptors (Lipinski definition) is 2. The monoisotopic (exact) mass is 277 g/mol. The molecule has 0 saturated carbocycles. The van der Waals surface area contributed by atoms with Crippen LogP contribution in [0, 0.1) is 5.41 Å². The Morgan fingerprint density at radius 1 is 1.35 bits per heavy atom. The Hall–Kier alpha value is -1.55. The normalized spacial score (nSPS) is 26.8. The maximum Gasteiger partial charge on any atom is 0.407 e. The summed E-state index contributed by atoms with van der Waals surface area (Å²) in [6.45, 7) is 6.33. The van der Waals surface area contributed by atoms with E-state index in [1.54, 1.807) is 0 Å². The van der Waals surface area contributed by atoms with Crippen molar-refractivity contribution in [1.29, 1.82) is 0 Å². The van der Waals surface area contributed by atoms with Crippen molar-refractivity contribution in [2.75, 3.05) is 6.54 Å². The fourth-order valence-electron chi connectivity index (χ4n) is 3.48. The smallest absolute Gasteiger partial charge is 0.407 e. The first kappa shape index (κ1) is 14.9. The third-order valence-electron chi connectivity index (χ3n) is 4.03. The minimum Gasteiger partial charge on any atom is -0.465 e. The number of likely N-dealkylation sites (tertiary alicyclic amines) is 1. The van der Waals surface area contributed by atoms with Gasteiger partial charge in [-0.3, -0.25) is 0 Å². The van der Waals surface area contributed by atoms with E-state index in [9.17, 15) is 15.0 Å². The molecule has 4 heteroatoms. The molecule has 110 valence electrons. The van der Waals surface area contributed by atoms with Crippen LogP contribution in [0.1, 0.15) is 32.8 Å². The van der Waals surface area contributed by atoms with E-state index < -0.39 is 17.7 Å². The Morgan fingerprint density at radius 2 is 1.95 bits per heavy atom. The van der Waals surface area contributed by atoms with E-state index in [1.165, 1.54) is 4.90 Å². The molecule has 0 bridgehead atoms. The summed E-state index contributed by atoms with van der Waals surface area (Å²) in [7, 11) is 0. The van der Waals surface area contributed by atoms with Crippen LogP contribution in [0.2, 0.25) is 0 Å². The molecule has 1 heterocycles. The summed E-state index contributed by atoms with van der Waals surface area (Å²) in [4.78, 5) is 12.8. The Balaban J connectivity index is 2.31. The largest absolute Gasteiger partial charge is 0.465 e. The summed E-state index contributed by atoms with van der Waals surface area (Å²) < 4.78 is 0. The highest BCUT2D eigenvalue weighted by atomic mass is 16.4. The predicted molar refractivity (Wildman–Crippen MR) is 77.7 cm³/mol. The summed E-state index contributed by atoms with van der Waals surface area (Å²) in [6.07, 6.45) is 0.0179. The fourth-order valence-corrected chi connectivity index (χ4v) is 3.48. The average molecular weight is 277 g/mol. The summed E-state index contributed by atoms with van der Waals surface area (Å²) in [5, 5.41) is 20.4. The van der Waals surface area contributed by atoms with E-state index in [2.05, 4.69) is 0 Å². The summed E-state index contributed by atoms with van der Waals surface area (Å²) in [6, 6.07) is 9.37. The second kappa shape index (κ2) is 5.09. The highest BCUT2D eigenvalue weighted by Gasteiger charge is 2.53. The van der Waals surface area contributed by atoms with Gasteiger partial charge in [-0.15, -0.1) is 0 Å². The van der Waals surface area contributed by atoms with Crippen LogP contribution in [0.25, 0.3) is 0 Å². The third kappa shape index (κ3) is 2.80. The zero-order valence-corrected chi connectivity index (χ0v) is 12.3. The number of carbonyl (C=O) groups is 1. The van der Waals surface area contributed by atoms with E-state index in [0.29, 0.717) is 19.4 Å². The standard InChI is InChI=1S/C16H23NO3/c1-15(2,3)13-16(20,9-10-17(13)14(18)19)11-12-7-5-4-6-8-12/h4-8,13,20H,9-11H2,1-3H3,(H,18,19). The van der Waals surface area contributed by atoms with E-state index in [0.717, 1.165) is 5.56 Å². The van der Waals surface area contributed by atoms with Crippen molar-refractivity contribution in [3.63, 3.8) is 0 Å². The van der Waals surface area contributed by atoms with E-state index in [4.69, 9.17) is 0 Å². The molecule has 1 aromatic rings. The molecule has 1 saturated heterocycles. The molecular formula is C16H23NO3. The molecule has 0 aliphatic carbocycles. The Morgan fingerprint density at radius 3 is 2.45 bits per heavy atom. The lowest BCUT2D eigenvalue weighted by Crippen LogP contribution is -2.54. The Kier molecular flexibility index (Phi) is 3.78. The minimum atomic E-state index is -1.00. The van der Waals surface area contributed by atoms with Crippen molar-refractivity contribution >= 4 is 6.09 Å². The lowest BCUT2D eigenvalue weighted by molar-refractivity contribution is -0.0362. The number of nitrogens with zero attached hydrogens (tertiary/aromatic N) is 1. The van der Waals surface area contributed by atoms with Crippen LogP contribution in [0.15, 0.2) is 30.3 Å². The van der Waals surface area contributed by atoms with Crippen LogP contribution in [-0.2, 0) is 6.42 Å². The fraction of sp³-hybridized carbons (Fsp3) is 0.562. The van der Waals surface area contributed by atoms with Crippen molar-refractivity contribution < 1.29 is 15.0 Å². The van der Waals surface area contributed by atoms with Gasteiger partial charge in [0, 0.05) is 13.0 Å². The lowest BCUT2D eigenvalue weighted by atomic mass is 9.74. The second-order valence-corrected chi connectivity index (χ2v) is 6.76. The van der Waals surface area contributed by atoms with Gasteiger partial charge in [-0.05, 0) is 17.4 Å². The maximum atomic E-state index is 11.4. The molecule has 1 aromatic carbocycles. The maximum absolute atomic E-state index is 11.4. The zero-order chi connectivity index (χ0) is 15.0. The van der Waals surface area contributed by atoms with Crippen molar-refractivity contribution in [3.05, 3.63) is 35.9 Å². The highest BCUT2D eigenvalue weighted by Crippen LogP contribution is 2.41. The molecule has 20 heavy (non-hydrogen) atoms. The van der Waals surface area contributed by atoms with Crippen molar-refractivity contribution in [2.45, 2.75) is 45.3 Å². The van der Waals surface area contributed by atoms with Crippen LogP contribution >= 0.6 is 0 Å². The van der Waals surface area contributed by atoms with Crippen LogP contribution in [0.3, 0.4) is 0 Å². The van der Waals surface area contributed by atoms with Crippen molar-refractivity contribution in [3.8, 4) is 0 Å². The van der Waals surface area contributed by atoms with Gasteiger partial charge in [-0.1, -0.05) is 51.1 Å². The third-order valence-corrected chi connectivity index (χ3v) is 4.03. The highest BCUT2D eigenvalue weighted by molar-refractivity contribution is 5.66. The molecule has 1 aliphatic rings. The van der Waals surface area contributed by atoms with Gasteiger partial charge >= 0.3 is 6.09 Å². The molecule has 2 N–H and O–H groups in total.